The molecular formula is C17H15N3. The molecule has 0 amide bonds. The van der Waals surface area contributed by atoms with E-state index in [4.69, 9.17) is 5.26 Å². The summed E-state index contributed by atoms with van der Waals surface area (Å²) in [6.07, 6.45) is 1.84. The average molecular weight is 261 g/mol. The van der Waals surface area contributed by atoms with Crippen LogP contribution in [0.5, 0.6) is 0 Å². The minimum absolute atomic E-state index is 0.643. The number of hydrogen-bond donors (Lipinski definition) is 0. The lowest BCUT2D eigenvalue weighted by Gasteiger charge is -2.04. The van der Waals surface area contributed by atoms with E-state index in [1.165, 1.54) is 11.1 Å². The smallest absolute Gasteiger partial charge is 0.137 e. The quantitative estimate of drug-likeness (QED) is 0.668. The summed E-state index contributed by atoms with van der Waals surface area (Å²) in [7, 11) is 0. The first kappa shape index (κ1) is 12.4. The molecule has 2 aromatic heterocycles. The number of fused-ring (bicyclic) bond motifs is 1. The van der Waals surface area contributed by atoms with E-state index in [-0.39, 0.29) is 0 Å². The van der Waals surface area contributed by atoms with E-state index in [0.29, 0.717) is 5.56 Å². The van der Waals surface area contributed by atoms with Gasteiger partial charge in [-0.1, -0.05) is 12.1 Å². The van der Waals surface area contributed by atoms with Crippen molar-refractivity contribution in [3.8, 4) is 17.3 Å². The molecule has 0 saturated heterocycles. The van der Waals surface area contributed by atoms with Crippen molar-refractivity contribution in [3.05, 3.63) is 58.9 Å². The molecule has 0 fully saturated rings. The highest BCUT2D eigenvalue weighted by Gasteiger charge is 2.11. The molecule has 0 saturated carbocycles. The van der Waals surface area contributed by atoms with Gasteiger partial charge in [-0.15, -0.1) is 0 Å². The third kappa shape index (κ3) is 1.86. The second-order valence-corrected chi connectivity index (χ2v) is 5.10. The molecule has 2 heterocycles. The minimum atomic E-state index is 0.643. The van der Waals surface area contributed by atoms with Crippen LogP contribution < -0.4 is 0 Å². The van der Waals surface area contributed by atoms with E-state index in [1.807, 2.05) is 23.6 Å². The van der Waals surface area contributed by atoms with Crippen molar-refractivity contribution in [2.75, 3.05) is 0 Å². The van der Waals surface area contributed by atoms with E-state index in [9.17, 15) is 0 Å². The summed E-state index contributed by atoms with van der Waals surface area (Å²) in [4.78, 5) is 4.68. The Labute approximate surface area is 118 Å². The second-order valence-electron chi connectivity index (χ2n) is 5.10. The predicted molar refractivity (Wildman–Crippen MR) is 79.6 cm³/mol. The Kier molecular flexibility index (Phi) is 2.80. The highest BCUT2D eigenvalue weighted by molar-refractivity contribution is 5.67. The molecule has 1 aromatic carbocycles. The molecule has 0 N–H and O–H groups in total. The molecular weight excluding hydrogens is 246 g/mol. The largest absolute Gasteiger partial charge is 0.302 e. The lowest BCUT2D eigenvalue weighted by atomic mass is 10.0. The number of aryl methyl sites for hydroxylation is 3. The zero-order valence-corrected chi connectivity index (χ0v) is 11.8. The van der Waals surface area contributed by atoms with Gasteiger partial charge in [-0.3, -0.25) is 0 Å². The molecule has 3 aromatic rings. The van der Waals surface area contributed by atoms with Crippen LogP contribution in [0.1, 0.15) is 22.4 Å². The van der Waals surface area contributed by atoms with Crippen molar-refractivity contribution >= 4 is 5.65 Å². The summed E-state index contributed by atoms with van der Waals surface area (Å²) in [5.74, 6) is 0. The number of nitriles is 1. The third-order valence-electron chi connectivity index (χ3n) is 3.77. The van der Waals surface area contributed by atoms with Gasteiger partial charge in [0.1, 0.15) is 11.7 Å². The Hall–Kier alpha value is -2.60. The van der Waals surface area contributed by atoms with Gasteiger partial charge in [0.2, 0.25) is 0 Å². The van der Waals surface area contributed by atoms with Gasteiger partial charge in [0.25, 0.3) is 0 Å². The van der Waals surface area contributed by atoms with E-state index >= 15 is 0 Å². The number of hydrogen-bond acceptors (Lipinski definition) is 2. The molecule has 0 unspecified atom stereocenters. The SMILES string of the molecule is Cc1ccc(-c2nc3ccc(C#N)cn3c2C)cc1C. The highest BCUT2D eigenvalue weighted by atomic mass is 15.0. The standard InChI is InChI=1S/C17H15N3/c1-11-4-6-15(8-12(11)2)17-13(3)20-10-14(9-18)5-7-16(20)19-17/h4-8,10H,1-3H3. The highest BCUT2D eigenvalue weighted by Crippen LogP contribution is 2.25. The molecule has 0 spiro atoms. The number of aromatic nitrogens is 2. The molecule has 0 aliphatic carbocycles. The normalized spacial score (nSPS) is 10.7. The fourth-order valence-corrected chi connectivity index (χ4v) is 2.39. The Morgan fingerprint density at radius 1 is 1.05 bits per heavy atom. The summed E-state index contributed by atoms with van der Waals surface area (Å²) >= 11 is 0. The summed E-state index contributed by atoms with van der Waals surface area (Å²) in [6, 6.07) is 12.2. The monoisotopic (exact) mass is 261 g/mol. The fraction of sp³-hybridized carbons (Fsp3) is 0.176. The van der Waals surface area contributed by atoms with E-state index in [1.54, 1.807) is 6.07 Å². The molecule has 3 heteroatoms. The third-order valence-corrected chi connectivity index (χ3v) is 3.77. The first-order valence-electron chi connectivity index (χ1n) is 6.56. The number of imidazole rings is 1. The van der Waals surface area contributed by atoms with Crippen LogP contribution in [0.25, 0.3) is 16.9 Å². The molecule has 0 aliphatic heterocycles. The lowest BCUT2D eigenvalue weighted by molar-refractivity contribution is 1.10. The Bertz CT molecular complexity index is 851. The van der Waals surface area contributed by atoms with Crippen LogP contribution in [-0.2, 0) is 0 Å². The number of rotatable bonds is 1. The summed E-state index contributed by atoms with van der Waals surface area (Å²) < 4.78 is 1.98. The molecule has 98 valence electrons. The van der Waals surface area contributed by atoms with Gasteiger partial charge in [0.05, 0.1) is 11.3 Å². The molecule has 0 bridgehead atoms. The molecule has 3 rings (SSSR count). The number of benzene rings is 1. The topological polar surface area (TPSA) is 41.1 Å². The van der Waals surface area contributed by atoms with Gasteiger partial charge in [0.15, 0.2) is 0 Å². The van der Waals surface area contributed by atoms with Crippen LogP contribution >= 0.6 is 0 Å². The second kappa shape index (κ2) is 4.50. The number of nitrogens with zero attached hydrogens (tertiary/aromatic N) is 3. The summed E-state index contributed by atoms with van der Waals surface area (Å²) in [5, 5.41) is 8.99. The molecule has 0 radical (unpaired) electrons. The predicted octanol–water partition coefficient (Wildman–Crippen LogP) is 3.80. The Morgan fingerprint density at radius 2 is 1.85 bits per heavy atom. The van der Waals surface area contributed by atoms with E-state index in [0.717, 1.165) is 22.6 Å². The van der Waals surface area contributed by atoms with Crippen molar-refractivity contribution in [2.45, 2.75) is 20.8 Å². The van der Waals surface area contributed by atoms with Gasteiger partial charge in [0, 0.05) is 17.5 Å². The fourth-order valence-electron chi connectivity index (χ4n) is 2.39. The number of pyridine rings is 1. The van der Waals surface area contributed by atoms with Gasteiger partial charge in [-0.2, -0.15) is 5.26 Å². The van der Waals surface area contributed by atoms with Crippen molar-refractivity contribution in [3.63, 3.8) is 0 Å². The van der Waals surface area contributed by atoms with Crippen molar-refractivity contribution in [2.24, 2.45) is 0 Å². The molecule has 0 atom stereocenters. The molecule has 0 aliphatic rings. The van der Waals surface area contributed by atoms with Crippen LogP contribution in [0, 0.1) is 32.1 Å². The van der Waals surface area contributed by atoms with Crippen LogP contribution in [0.15, 0.2) is 36.5 Å². The van der Waals surface area contributed by atoms with E-state index in [2.05, 4.69) is 43.1 Å². The van der Waals surface area contributed by atoms with Crippen LogP contribution in [0.3, 0.4) is 0 Å². The van der Waals surface area contributed by atoms with Crippen molar-refractivity contribution in [1.29, 1.82) is 5.26 Å². The first-order valence-corrected chi connectivity index (χ1v) is 6.56. The maximum absolute atomic E-state index is 8.99. The van der Waals surface area contributed by atoms with Crippen molar-refractivity contribution < 1.29 is 0 Å². The van der Waals surface area contributed by atoms with Crippen molar-refractivity contribution in [1.82, 2.24) is 9.38 Å². The zero-order valence-electron chi connectivity index (χ0n) is 11.8. The van der Waals surface area contributed by atoms with Gasteiger partial charge in [-0.25, -0.2) is 4.98 Å². The average Bonchev–Trinajstić information content (AvgIpc) is 2.79. The first-order chi connectivity index (χ1) is 9.60. The van der Waals surface area contributed by atoms with Gasteiger partial charge >= 0.3 is 0 Å². The Morgan fingerprint density at radius 3 is 2.55 bits per heavy atom. The summed E-state index contributed by atoms with van der Waals surface area (Å²) in [5.41, 5.74) is 7.20. The maximum atomic E-state index is 8.99. The molecule has 20 heavy (non-hydrogen) atoms. The van der Waals surface area contributed by atoms with Crippen LogP contribution in [-0.4, -0.2) is 9.38 Å². The Balaban J connectivity index is 2.24. The van der Waals surface area contributed by atoms with Crippen LogP contribution in [0.2, 0.25) is 0 Å². The summed E-state index contributed by atoms with van der Waals surface area (Å²) in [6.45, 7) is 6.25. The van der Waals surface area contributed by atoms with Gasteiger partial charge < -0.3 is 4.40 Å². The minimum Gasteiger partial charge on any atom is -0.302 e. The maximum Gasteiger partial charge on any atom is 0.137 e. The van der Waals surface area contributed by atoms with Crippen LogP contribution in [0.4, 0.5) is 0 Å². The zero-order chi connectivity index (χ0) is 14.3. The van der Waals surface area contributed by atoms with Gasteiger partial charge in [-0.05, 0) is 50.1 Å². The molecule has 3 nitrogen and oxygen atoms in total. The van der Waals surface area contributed by atoms with E-state index < -0.39 is 0 Å². The lowest BCUT2D eigenvalue weighted by Crippen LogP contribution is -1.89.